The van der Waals surface area contributed by atoms with E-state index in [1.165, 1.54) is 0 Å². The fourth-order valence-electron chi connectivity index (χ4n) is 1.12. The smallest absolute Gasteiger partial charge is 0.316 e. The highest BCUT2D eigenvalue weighted by Gasteiger charge is 1.97. The molecule has 13 heavy (non-hydrogen) atoms. The molecule has 4 nitrogen and oxygen atoms in total. The van der Waals surface area contributed by atoms with Gasteiger partial charge in [-0.2, -0.15) is 0 Å². The normalized spacial score (nSPS) is 9.62. The number of nitrogens with zero attached hydrogens (tertiary/aromatic N) is 1. The molecule has 4 heteroatoms. The number of rotatable bonds is 3. The van der Waals surface area contributed by atoms with Crippen molar-refractivity contribution in [3.05, 3.63) is 24.0 Å². The minimum atomic E-state index is -0.560. The fraction of sp³-hybridized carbons (Fsp3) is 0.333. The Morgan fingerprint density at radius 1 is 1.62 bits per heavy atom. The van der Waals surface area contributed by atoms with E-state index < -0.39 is 6.03 Å². The van der Waals surface area contributed by atoms with Gasteiger partial charge in [0.15, 0.2) is 0 Å². The van der Waals surface area contributed by atoms with Gasteiger partial charge in [-0.15, -0.1) is 0 Å². The van der Waals surface area contributed by atoms with Gasteiger partial charge in [-0.05, 0) is 18.1 Å². The number of hydrogen-bond acceptors (Lipinski definition) is 2. The van der Waals surface area contributed by atoms with Crippen LogP contribution in [0.2, 0.25) is 0 Å². The molecule has 70 valence electrons. The second-order valence-corrected chi connectivity index (χ2v) is 2.82. The third-order valence-corrected chi connectivity index (χ3v) is 1.60. The van der Waals surface area contributed by atoms with E-state index in [-0.39, 0.29) is 0 Å². The molecule has 0 bridgehead atoms. The van der Waals surface area contributed by atoms with Crippen LogP contribution in [0.4, 0.5) is 10.5 Å². The van der Waals surface area contributed by atoms with E-state index in [1.54, 1.807) is 12.4 Å². The third-order valence-electron chi connectivity index (χ3n) is 1.60. The van der Waals surface area contributed by atoms with Crippen LogP contribution in [0, 0.1) is 0 Å². The molecule has 0 saturated carbocycles. The van der Waals surface area contributed by atoms with Crippen molar-refractivity contribution < 1.29 is 4.79 Å². The van der Waals surface area contributed by atoms with E-state index in [9.17, 15) is 4.79 Å². The quantitative estimate of drug-likeness (QED) is 0.738. The van der Waals surface area contributed by atoms with Crippen LogP contribution in [0.25, 0.3) is 0 Å². The van der Waals surface area contributed by atoms with Gasteiger partial charge in [0.25, 0.3) is 0 Å². The summed E-state index contributed by atoms with van der Waals surface area (Å²) in [5.74, 6) is 0. The van der Waals surface area contributed by atoms with Gasteiger partial charge in [0.05, 0.1) is 11.9 Å². The van der Waals surface area contributed by atoms with Crippen LogP contribution >= 0.6 is 0 Å². The van der Waals surface area contributed by atoms with E-state index in [4.69, 9.17) is 5.73 Å². The Morgan fingerprint density at radius 3 is 3.00 bits per heavy atom. The molecule has 0 saturated heterocycles. The van der Waals surface area contributed by atoms with Crippen LogP contribution in [-0.4, -0.2) is 11.0 Å². The number of anilines is 1. The summed E-state index contributed by atoms with van der Waals surface area (Å²) < 4.78 is 0. The van der Waals surface area contributed by atoms with Gasteiger partial charge in [-0.3, -0.25) is 4.98 Å². The molecule has 0 fully saturated rings. The lowest BCUT2D eigenvalue weighted by molar-refractivity contribution is 0.259. The maximum Gasteiger partial charge on any atom is 0.316 e. The van der Waals surface area contributed by atoms with Gasteiger partial charge in [-0.1, -0.05) is 13.3 Å². The van der Waals surface area contributed by atoms with Gasteiger partial charge >= 0.3 is 6.03 Å². The van der Waals surface area contributed by atoms with Crippen LogP contribution < -0.4 is 11.1 Å². The van der Waals surface area contributed by atoms with Crippen LogP contribution in [-0.2, 0) is 6.42 Å². The molecule has 0 spiro atoms. The lowest BCUT2D eigenvalue weighted by atomic mass is 10.2. The van der Waals surface area contributed by atoms with Gasteiger partial charge in [0.2, 0.25) is 0 Å². The van der Waals surface area contributed by atoms with Crippen molar-refractivity contribution in [1.82, 2.24) is 4.98 Å². The number of primary amides is 1. The van der Waals surface area contributed by atoms with Crippen molar-refractivity contribution in [2.24, 2.45) is 5.73 Å². The summed E-state index contributed by atoms with van der Waals surface area (Å²) >= 11 is 0. The molecule has 0 aromatic carbocycles. The summed E-state index contributed by atoms with van der Waals surface area (Å²) in [6.45, 7) is 2.09. The van der Waals surface area contributed by atoms with Crippen molar-refractivity contribution >= 4 is 11.7 Å². The van der Waals surface area contributed by atoms with Crippen LogP contribution in [0.1, 0.15) is 18.9 Å². The first-order valence-electron chi connectivity index (χ1n) is 4.22. The SMILES string of the molecule is CCCc1cncc(NC(N)=O)c1. The van der Waals surface area contributed by atoms with Crippen molar-refractivity contribution in [3.63, 3.8) is 0 Å². The highest BCUT2D eigenvalue weighted by atomic mass is 16.2. The number of urea groups is 1. The summed E-state index contributed by atoms with van der Waals surface area (Å²) in [6, 6.07) is 1.32. The predicted molar refractivity (Wildman–Crippen MR) is 51.4 cm³/mol. The molecule has 1 heterocycles. The van der Waals surface area contributed by atoms with Gasteiger partial charge in [-0.25, -0.2) is 4.79 Å². The largest absolute Gasteiger partial charge is 0.351 e. The maximum absolute atomic E-state index is 10.5. The van der Waals surface area contributed by atoms with Crippen molar-refractivity contribution in [3.8, 4) is 0 Å². The molecule has 0 aliphatic carbocycles. The molecule has 1 aromatic rings. The molecule has 0 atom stereocenters. The molecular weight excluding hydrogens is 166 g/mol. The average molecular weight is 179 g/mol. The Bertz CT molecular complexity index is 299. The molecule has 1 rings (SSSR count). The van der Waals surface area contributed by atoms with Crippen molar-refractivity contribution in [2.75, 3.05) is 5.32 Å². The first-order valence-corrected chi connectivity index (χ1v) is 4.22. The average Bonchev–Trinajstić information content (AvgIpc) is 2.04. The standard InChI is InChI=1S/C9H13N3O/c1-2-3-7-4-8(6-11-5-7)12-9(10)13/h4-6H,2-3H2,1H3,(H3,10,12,13). The van der Waals surface area contributed by atoms with E-state index in [1.807, 2.05) is 6.07 Å². The van der Waals surface area contributed by atoms with Gasteiger partial charge in [0, 0.05) is 6.20 Å². The molecule has 3 N–H and O–H groups in total. The van der Waals surface area contributed by atoms with E-state index >= 15 is 0 Å². The Balaban J connectivity index is 2.73. The Morgan fingerprint density at radius 2 is 2.38 bits per heavy atom. The summed E-state index contributed by atoms with van der Waals surface area (Å²) in [5.41, 5.74) is 6.73. The van der Waals surface area contributed by atoms with Crippen molar-refractivity contribution in [2.45, 2.75) is 19.8 Å². The second kappa shape index (κ2) is 4.45. The maximum atomic E-state index is 10.5. The van der Waals surface area contributed by atoms with Crippen LogP contribution in [0.3, 0.4) is 0 Å². The zero-order chi connectivity index (χ0) is 9.68. The minimum Gasteiger partial charge on any atom is -0.351 e. The lowest BCUT2D eigenvalue weighted by Crippen LogP contribution is -2.19. The number of pyridine rings is 1. The first kappa shape index (κ1) is 9.51. The number of amides is 2. The first-order chi connectivity index (χ1) is 6.22. The van der Waals surface area contributed by atoms with E-state index in [0.29, 0.717) is 5.69 Å². The van der Waals surface area contributed by atoms with E-state index in [0.717, 1.165) is 18.4 Å². The molecule has 1 aromatic heterocycles. The number of hydrogen-bond donors (Lipinski definition) is 2. The molecule has 2 amide bonds. The number of aromatic nitrogens is 1. The molecule has 0 radical (unpaired) electrons. The number of nitrogens with one attached hydrogen (secondary N) is 1. The number of carbonyl (C=O) groups is 1. The van der Waals surface area contributed by atoms with Crippen molar-refractivity contribution in [1.29, 1.82) is 0 Å². The molecule has 0 aliphatic heterocycles. The second-order valence-electron chi connectivity index (χ2n) is 2.82. The van der Waals surface area contributed by atoms with Gasteiger partial charge in [0.1, 0.15) is 0 Å². The number of aryl methyl sites for hydroxylation is 1. The zero-order valence-corrected chi connectivity index (χ0v) is 7.58. The summed E-state index contributed by atoms with van der Waals surface area (Å²) in [4.78, 5) is 14.5. The number of nitrogens with two attached hydrogens (primary N) is 1. The Labute approximate surface area is 77.2 Å². The topological polar surface area (TPSA) is 68.0 Å². The third kappa shape index (κ3) is 3.11. The number of carbonyl (C=O) groups excluding carboxylic acids is 1. The Kier molecular flexibility index (Phi) is 3.25. The fourth-order valence-corrected chi connectivity index (χ4v) is 1.12. The van der Waals surface area contributed by atoms with Gasteiger partial charge < -0.3 is 11.1 Å². The van der Waals surface area contributed by atoms with Crippen LogP contribution in [0.15, 0.2) is 18.5 Å². The lowest BCUT2D eigenvalue weighted by Gasteiger charge is -2.02. The zero-order valence-electron chi connectivity index (χ0n) is 7.58. The highest BCUT2D eigenvalue weighted by molar-refractivity contribution is 5.87. The predicted octanol–water partition coefficient (Wildman–Crippen LogP) is 1.52. The highest BCUT2D eigenvalue weighted by Crippen LogP contribution is 2.09. The molecule has 0 unspecified atom stereocenters. The summed E-state index contributed by atoms with van der Waals surface area (Å²) in [6.07, 6.45) is 5.38. The molecule has 0 aliphatic rings. The van der Waals surface area contributed by atoms with Crippen LogP contribution in [0.5, 0.6) is 0 Å². The summed E-state index contributed by atoms with van der Waals surface area (Å²) in [5, 5.41) is 2.48. The summed E-state index contributed by atoms with van der Waals surface area (Å²) in [7, 11) is 0. The Hall–Kier alpha value is -1.58. The molecular formula is C9H13N3O. The monoisotopic (exact) mass is 179 g/mol. The van der Waals surface area contributed by atoms with E-state index in [2.05, 4.69) is 17.2 Å². The minimum absolute atomic E-state index is 0.560.